The number of urea groups is 1. The van der Waals surface area contributed by atoms with Gasteiger partial charge in [0, 0.05) is 6.54 Å². The van der Waals surface area contributed by atoms with Crippen LogP contribution in [0.2, 0.25) is 0 Å². The van der Waals surface area contributed by atoms with Crippen LogP contribution < -0.4 is 16.4 Å². The van der Waals surface area contributed by atoms with Gasteiger partial charge < -0.3 is 16.4 Å². The molecule has 2 fully saturated rings. The topological polar surface area (TPSA) is 105 Å². The summed E-state index contributed by atoms with van der Waals surface area (Å²) >= 11 is 0. The van der Waals surface area contributed by atoms with Crippen LogP contribution in [-0.4, -0.2) is 47.9 Å². The Morgan fingerprint density at radius 3 is 2.60 bits per heavy atom. The number of hydrogen-bond acceptors (Lipinski definition) is 4. The van der Waals surface area contributed by atoms with Crippen molar-refractivity contribution in [2.75, 3.05) is 19.6 Å². The lowest BCUT2D eigenvalue weighted by Crippen LogP contribution is -2.54. The van der Waals surface area contributed by atoms with E-state index in [0.29, 0.717) is 31.8 Å². The number of nitrogens with zero attached hydrogens (tertiary/aromatic N) is 1. The third-order valence-electron chi connectivity index (χ3n) is 4.88. The first-order valence-corrected chi connectivity index (χ1v) is 8.80. The second-order valence-electron chi connectivity index (χ2n) is 8.10. The summed E-state index contributed by atoms with van der Waals surface area (Å²) < 4.78 is 0. The molecule has 1 aliphatic heterocycles. The molecule has 2 unspecified atom stereocenters. The summed E-state index contributed by atoms with van der Waals surface area (Å²) in [5.74, 6) is -0.219. The summed E-state index contributed by atoms with van der Waals surface area (Å²) in [4.78, 5) is 38.2. The van der Waals surface area contributed by atoms with Crippen LogP contribution in [0.1, 0.15) is 52.9 Å². The van der Waals surface area contributed by atoms with E-state index in [9.17, 15) is 14.4 Å². The van der Waals surface area contributed by atoms with Crippen molar-refractivity contribution < 1.29 is 14.4 Å². The van der Waals surface area contributed by atoms with Crippen molar-refractivity contribution >= 4 is 30.3 Å². The van der Waals surface area contributed by atoms with Gasteiger partial charge in [-0.25, -0.2) is 4.79 Å². The molecule has 1 saturated heterocycles. The van der Waals surface area contributed by atoms with Gasteiger partial charge in [-0.2, -0.15) is 0 Å². The number of nitrogens with two attached hydrogens (primary N) is 1. The predicted octanol–water partition coefficient (Wildman–Crippen LogP) is 1.40. The summed E-state index contributed by atoms with van der Waals surface area (Å²) in [6, 6.07) is -0.456. The lowest BCUT2D eigenvalue weighted by molar-refractivity contribution is -0.137. The summed E-state index contributed by atoms with van der Waals surface area (Å²) in [7, 11) is 0. The summed E-state index contributed by atoms with van der Waals surface area (Å²) in [6.07, 6.45) is 3.90. The molecule has 1 heterocycles. The first kappa shape index (κ1) is 21.7. The summed E-state index contributed by atoms with van der Waals surface area (Å²) in [5, 5.41) is 5.61. The number of amides is 4. The number of unbranched alkanes of at least 4 members (excludes halogenated alkanes) is 1. The maximum absolute atomic E-state index is 12.9. The van der Waals surface area contributed by atoms with E-state index in [1.54, 1.807) is 0 Å². The van der Waals surface area contributed by atoms with E-state index in [4.69, 9.17) is 5.73 Å². The Labute approximate surface area is 155 Å². The fourth-order valence-electron chi connectivity index (χ4n) is 4.35. The maximum Gasteiger partial charge on any atom is 0.325 e. The Morgan fingerprint density at radius 1 is 1.32 bits per heavy atom. The highest BCUT2D eigenvalue weighted by Crippen LogP contribution is 2.46. The van der Waals surface area contributed by atoms with Gasteiger partial charge in [0.2, 0.25) is 5.91 Å². The van der Waals surface area contributed by atoms with Crippen molar-refractivity contribution in [2.24, 2.45) is 17.1 Å². The van der Waals surface area contributed by atoms with Crippen molar-refractivity contribution in [1.82, 2.24) is 15.5 Å². The highest BCUT2D eigenvalue weighted by Gasteiger charge is 2.56. The normalized spacial score (nSPS) is 27.8. The minimum atomic E-state index is -0.849. The van der Waals surface area contributed by atoms with E-state index < -0.39 is 11.6 Å². The minimum absolute atomic E-state index is 0. The maximum atomic E-state index is 12.9. The molecule has 1 spiro atoms. The van der Waals surface area contributed by atoms with E-state index in [-0.39, 0.29) is 36.2 Å². The first-order valence-electron chi connectivity index (χ1n) is 8.80. The third kappa shape index (κ3) is 5.07. The van der Waals surface area contributed by atoms with Crippen LogP contribution in [0.5, 0.6) is 0 Å². The van der Waals surface area contributed by atoms with E-state index in [2.05, 4.69) is 31.4 Å². The minimum Gasteiger partial charge on any atom is -0.355 e. The smallest absolute Gasteiger partial charge is 0.325 e. The number of rotatable bonds is 6. The van der Waals surface area contributed by atoms with Gasteiger partial charge in [0.25, 0.3) is 5.91 Å². The number of imide groups is 1. The summed E-state index contributed by atoms with van der Waals surface area (Å²) in [6.45, 7) is 7.22. The second-order valence-corrected chi connectivity index (χ2v) is 8.10. The van der Waals surface area contributed by atoms with Gasteiger partial charge in [0.05, 0.1) is 0 Å². The van der Waals surface area contributed by atoms with Gasteiger partial charge in [-0.3, -0.25) is 14.5 Å². The van der Waals surface area contributed by atoms with Crippen molar-refractivity contribution in [2.45, 2.75) is 58.4 Å². The van der Waals surface area contributed by atoms with Crippen LogP contribution >= 0.6 is 12.4 Å². The molecule has 2 atom stereocenters. The molecule has 25 heavy (non-hydrogen) atoms. The number of carbonyl (C=O) groups is 3. The van der Waals surface area contributed by atoms with E-state index in [0.717, 1.165) is 24.2 Å². The van der Waals surface area contributed by atoms with Crippen LogP contribution in [-0.2, 0) is 9.59 Å². The SMILES string of the molecule is CC1CC(C)(C)CC2(C1)NC(=O)N(CC(=O)NCCCCN)C2=O.Cl. The largest absolute Gasteiger partial charge is 0.355 e. The highest BCUT2D eigenvalue weighted by molar-refractivity contribution is 6.09. The van der Waals surface area contributed by atoms with Crippen LogP contribution in [0.3, 0.4) is 0 Å². The molecular weight excluding hydrogens is 344 g/mol. The average molecular weight is 375 g/mol. The molecule has 1 aliphatic carbocycles. The molecule has 7 nitrogen and oxygen atoms in total. The van der Waals surface area contributed by atoms with Gasteiger partial charge in [-0.05, 0) is 50.0 Å². The molecule has 144 valence electrons. The molecule has 0 bridgehead atoms. The van der Waals surface area contributed by atoms with Crippen LogP contribution in [0.25, 0.3) is 0 Å². The predicted molar refractivity (Wildman–Crippen MR) is 98.3 cm³/mol. The quantitative estimate of drug-likeness (QED) is 0.482. The molecule has 2 rings (SSSR count). The lowest BCUT2D eigenvalue weighted by Gasteiger charge is -2.43. The highest BCUT2D eigenvalue weighted by atomic mass is 35.5. The summed E-state index contributed by atoms with van der Waals surface area (Å²) in [5.41, 5.74) is 4.55. The fourth-order valence-corrected chi connectivity index (χ4v) is 4.35. The fraction of sp³-hybridized carbons (Fsp3) is 0.824. The number of halogens is 1. The van der Waals surface area contributed by atoms with Crippen molar-refractivity contribution in [3.63, 3.8) is 0 Å². The van der Waals surface area contributed by atoms with Crippen LogP contribution in [0.4, 0.5) is 4.79 Å². The molecule has 0 aromatic carbocycles. The van der Waals surface area contributed by atoms with E-state index in [1.807, 2.05) is 0 Å². The van der Waals surface area contributed by atoms with Crippen LogP contribution in [0.15, 0.2) is 0 Å². The first-order chi connectivity index (χ1) is 11.2. The molecule has 4 amide bonds. The Morgan fingerprint density at radius 2 is 2.00 bits per heavy atom. The Balaban J connectivity index is 0.00000312. The van der Waals surface area contributed by atoms with Crippen molar-refractivity contribution in [3.05, 3.63) is 0 Å². The number of nitrogens with one attached hydrogen (secondary N) is 2. The zero-order valence-corrected chi connectivity index (χ0v) is 16.2. The Kier molecular flexibility index (Phi) is 7.26. The number of hydrogen-bond donors (Lipinski definition) is 3. The second kappa shape index (κ2) is 8.36. The number of carbonyl (C=O) groups excluding carboxylic acids is 3. The molecule has 0 aromatic rings. The Bertz CT molecular complexity index is 526. The van der Waals surface area contributed by atoms with Gasteiger partial charge in [0.15, 0.2) is 0 Å². The van der Waals surface area contributed by atoms with Gasteiger partial charge in [-0.1, -0.05) is 20.8 Å². The standard InChI is InChI=1S/C17H30N4O3.ClH/c1-12-8-16(2,3)11-17(9-12)14(23)21(15(24)20-17)10-13(22)19-7-5-4-6-18;/h12H,4-11,18H2,1-3H3,(H,19,22)(H,20,24);1H. The third-order valence-corrected chi connectivity index (χ3v) is 4.88. The molecule has 2 aliphatic rings. The molecule has 1 saturated carbocycles. The van der Waals surface area contributed by atoms with Gasteiger partial charge in [0.1, 0.15) is 12.1 Å². The zero-order chi connectivity index (χ0) is 18.0. The molecule has 0 aromatic heterocycles. The zero-order valence-electron chi connectivity index (χ0n) is 15.4. The molecular formula is C17H31ClN4O3. The van der Waals surface area contributed by atoms with Crippen molar-refractivity contribution in [3.8, 4) is 0 Å². The monoisotopic (exact) mass is 374 g/mol. The van der Waals surface area contributed by atoms with E-state index >= 15 is 0 Å². The molecule has 0 radical (unpaired) electrons. The molecule has 4 N–H and O–H groups in total. The average Bonchev–Trinajstić information content (AvgIpc) is 2.65. The Hall–Kier alpha value is -1.34. The lowest BCUT2D eigenvalue weighted by atomic mass is 9.64. The van der Waals surface area contributed by atoms with Gasteiger partial charge >= 0.3 is 6.03 Å². The van der Waals surface area contributed by atoms with E-state index in [1.165, 1.54) is 0 Å². The van der Waals surface area contributed by atoms with Crippen LogP contribution in [0, 0.1) is 11.3 Å². The van der Waals surface area contributed by atoms with Crippen molar-refractivity contribution in [1.29, 1.82) is 0 Å². The van der Waals surface area contributed by atoms with Gasteiger partial charge in [-0.15, -0.1) is 12.4 Å². The molecule has 8 heteroatoms.